The van der Waals surface area contributed by atoms with Gasteiger partial charge in [-0.25, -0.2) is 0 Å². The Morgan fingerprint density at radius 2 is 1.88 bits per heavy atom. The lowest BCUT2D eigenvalue weighted by atomic mass is 9.99. The second-order valence-corrected chi connectivity index (χ2v) is 5.57. The summed E-state index contributed by atoms with van der Waals surface area (Å²) in [6.45, 7) is 8.80. The number of hydrogen-bond acceptors (Lipinski definition) is 3. The molecule has 0 bridgehead atoms. The summed E-state index contributed by atoms with van der Waals surface area (Å²) in [5, 5.41) is 4.55. The van der Waals surface area contributed by atoms with E-state index in [-0.39, 0.29) is 0 Å². The number of aryl methyl sites for hydroxylation is 1. The van der Waals surface area contributed by atoms with Crippen molar-refractivity contribution in [3.8, 4) is 0 Å². The van der Waals surface area contributed by atoms with Crippen molar-refractivity contribution in [3.05, 3.63) is 5.69 Å². The molecule has 17 heavy (non-hydrogen) atoms. The molecule has 4 heteroatoms. The SMILES string of the molecule is CC1CCN(c2c(N)c(C(C)C)nn2C)CC1. The molecule has 0 aliphatic carbocycles. The van der Waals surface area contributed by atoms with E-state index in [1.807, 2.05) is 11.7 Å². The molecule has 0 radical (unpaired) electrons. The maximum absolute atomic E-state index is 6.25. The molecule has 1 aliphatic rings. The monoisotopic (exact) mass is 236 g/mol. The summed E-state index contributed by atoms with van der Waals surface area (Å²) < 4.78 is 1.95. The third kappa shape index (κ3) is 2.26. The predicted molar refractivity (Wildman–Crippen MR) is 72.3 cm³/mol. The summed E-state index contributed by atoms with van der Waals surface area (Å²) in [5.74, 6) is 2.34. The van der Waals surface area contributed by atoms with Gasteiger partial charge in [-0.15, -0.1) is 0 Å². The Bertz CT molecular complexity index is 386. The van der Waals surface area contributed by atoms with Gasteiger partial charge in [-0.1, -0.05) is 20.8 Å². The van der Waals surface area contributed by atoms with Gasteiger partial charge in [0, 0.05) is 20.1 Å². The molecule has 0 amide bonds. The smallest absolute Gasteiger partial charge is 0.150 e. The van der Waals surface area contributed by atoms with Crippen LogP contribution in [0.25, 0.3) is 0 Å². The van der Waals surface area contributed by atoms with Crippen molar-refractivity contribution in [1.82, 2.24) is 9.78 Å². The van der Waals surface area contributed by atoms with Gasteiger partial charge in [0.05, 0.1) is 11.4 Å². The Morgan fingerprint density at radius 3 is 2.35 bits per heavy atom. The molecule has 0 spiro atoms. The van der Waals surface area contributed by atoms with Gasteiger partial charge < -0.3 is 10.6 Å². The lowest BCUT2D eigenvalue weighted by Crippen LogP contribution is -2.34. The fraction of sp³-hybridized carbons (Fsp3) is 0.769. The van der Waals surface area contributed by atoms with Crippen LogP contribution >= 0.6 is 0 Å². The van der Waals surface area contributed by atoms with Crippen LogP contribution in [-0.4, -0.2) is 22.9 Å². The number of piperidine rings is 1. The van der Waals surface area contributed by atoms with Crippen molar-refractivity contribution in [2.45, 2.75) is 39.5 Å². The number of anilines is 2. The van der Waals surface area contributed by atoms with Crippen molar-refractivity contribution in [3.63, 3.8) is 0 Å². The summed E-state index contributed by atoms with van der Waals surface area (Å²) in [7, 11) is 2.00. The molecule has 2 N–H and O–H groups in total. The first-order valence-corrected chi connectivity index (χ1v) is 6.58. The van der Waals surface area contributed by atoms with E-state index in [0.29, 0.717) is 5.92 Å². The van der Waals surface area contributed by atoms with Crippen molar-refractivity contribution in [2.75, 3.05) is 23.7 Å². The van der Waals surface area contributed by atoms with Crippen LogP contribution in [-0.2, 0) is 7.05 Å². The Hall–Kier alpha value is -1.19. The molecule has 0 saturated carbocycles. The van der Waals surface area contributed by atoms with Crippen LogP contribution in [0.3, 0.4) is 0 Å². The van der Waals surface area contributed by atoms with E-state index in [0.717, 1.165) is 36.2 Å². The highest BCUT2D eigenvalue weighted by molar-refractivity contribution is 5.67. The fourth-order valence-corrected chi connectivity index (χ4v) is 2.57. The molecular formula is C13H24N4. The summed E-state index contributed by atoms with van der Waals surface area (Å²) in [6, 6.07) is 0. The van der Waals surface area contributed by atoms with Crippen LogP contribution in [0.4, 0.5) is 11.5 Å². The van der Waals surface area contributed by atoms with E-state index in [1.165, 1.54) is 12.8 Å². The zero-order valence-corrected chi connectivity index (χ0v) is 11.4. The minimum atomic E-state index is 0.388. The molecule has 1 aliphatic heterocycles. The number of aromatic nitrogens is 2. The van der Waals surface area contributed by atoms with Gasteiger partial charge in [0.15, 0.2) is 0 Å². The van der Waals surface area contributed by atoms with E-state index in [9.17, 15) is 0 Å². The quantitative estimate of drug-likeness (QED) is 0.857. The number of rotatable bonds is 2. The van der Waals surface area contributed by atoms with Gasteiger partial charge in [0.1, 0.15) is 5.82 Å². The van der Waals surface area contributed by atoms with Crippen molar-refractivity contribution >= 4 is 11.5 Å². The first kappa shape index (κ1) is 12.3. The summed E-state index contributed by atoms with van der Waals surface area (Å²) in [5.41, 5.74) is 8.15. The molecule has 1 aromatic rings. The first-order valence-electron chi connectivity index (χ1n) is 6.58. The molecule has 2 heterocycles. The summed E-state index contributed by atoms with van der Waals surface area (Å²) in [4.78, 5) is 2.38. The highest BCUT2D eigenvalue weighted by atomic mass is 15.4. The van der Waals surface area contributed by atoms with Crippen molar-refractivity contribution in [2.24, 2.45) is 13.0 Å². The Balaban J connectivity index is 2.26. The van der Waals surface area contributed by atoms with Crippen LogP contribution in [0.15, 0.2) is 0 Å². The Labute approximate surface area is 104 Å². The third-order valence-electron chi connectivity index (χ3n) is 3.71. The maximum Gasteiger partial charge on any atom is 0.150 e. The average Bonchev–Trinajstić information content (AvgIpc) is 2.56. The fourth-order valence-electron chi connectivity index (χ4n) is 2.57. The van der Waals surface area contributed by atoms with Crippen LogP contribution in [0.1, 0.15) is 45.2 Å². The zero-order chi connectivity index (χ0) is 12.6. The first-order chi connectivity index (χ1) is 8.00. The number of nitrogen functional groups attached to an aromatic ring is 1. The number of nitrogens with two attached hydrogens (primary N) is 1. The lowest BCUT2D eigenvalue weighted by Gasteiger charge is -2.32. The normalized spacial score (nSPS) is 18.1. The second kappa shape index (κ2) is 4.59. The van der Waals surface area contributed by atoms with Crippen LogP contribution in [0.5, 0.6) is 0 Å². The number of nitrogens with zero attached hydrogens (tertiary/aromatic N) is 3. The minimum Gasteiger partial charge on any atom is -0.394 e. The molecule has 2 rings (SSSR count). The maximum atomic E-state index is 6.25. The molecular weight excluding hydrogens is 212 g/mol. The number of hydrogen-bond donors (Lipinski definition) is 1. The molecule has 0 unspecified atom stereocenters. The van der Waals surface area contributed by atoms with Crippen LogP contribution < -0.4 is 10.6 Å². The lowest BCUT2D eigenvalue weighted by molar-refractivity contribution is 0.433. The van der Waals surface area contributed by atoms with E-state index in [2.05, 4.69) is 30.8 Å². The van der Waals surface area contributed by atoms with Gasteiger partial charge >= 0.3 is 0 Å². The van der Waals surface area contributed by atoms with Gasteiger partial charge in [0.2, 0.25) is 0 Å². The van der Waals surface area contributed by atoms with Gasteiger partial charge in [0.25, 0.3) is 0 Å². The topological polar surface area (TPSA) is 47.1 Å². The second-order valence-electron chi connectivity index (χ2n) is 5.57. The highest BCUT2D eigenvalue weighted by Crippen LogP contribution is 2.32. The van der Waals surface area contributed by atoms with Crippen molar-refractivity contribution in [1.29, 1.82) is 0 Å². The van der Waals surface area contributed by atoms with Crippen LogP contribution in [0, 0.1) is 5.92 Å². The van der Waals surface area contributed by atoms with Crippen LogP contribution in [0.2, 0.25) is 0 Å². The minimum absolute atomic E-state index is 0.388. The third-order valence-corrected chi connectivity index (χ3v) is 3.71. The molecule has 96 valence electrons. The Morgan fingerprint density at radius 1 is 1.29 bits per heavy atom. The molecule has 1 aromatic heterocycles. The average molecular weight is 236 g/mol. The summed E-state index contributed by atoms with van der Waals surface area (Å²) in [6.07, 6.45) is 2.50. The van der Waals surface area contributed by atoms with Gasteiger partial charge in [-0.2, -0.15) is 5.10 Å². The van der Waals surface area contributed by atoms with Crippen molar-refractivity contribution < 1.29 is 0 Å². The molecule has 0 aromatic carbocycles. The molecule has 0 atom stereocenters. The highest BCUT2D eigenvalue weighted by Gasteiger charge is 2.23. The summed E-state index contributed by atoms with van der Waals surface area (Å²) >= 11 is 0. The zero-order valence-electron chi connectivity index (χ0n) is 11.4. The largest absolute Gasteiger partial charge is 0.394 e. The molecule has 1 saturated heterocycles. The standard InChI is InChI=1S/C13H24N4/c1-9(2)12-11(14)13(16(4)15-12)17-7-5-10(3)6-8-17/h9-10H,5-8,14H2,1-4H3. The van der Waals surface area contributed by atoms with Gasteiger partial charge in [-0.05, 0) is 24.7 Å². The van der Waals surface area contributed by atoms with E-state index >= 15 is 0 Å². The van der Waals surface area contributed by atoms with E-state index in [4.69, 9.17) is 5.73 Å². The van der Waals surface area contributed by atoms with E-state index < -0.39 is 0 Å². The Kier molecular flexibility index (Phi) is 3.31. The van der Waals surface area contributed by atoms with Gasteiger partial charge in [-0.3, -0.25) is 4.68 Å². The van der Waals surface area contributed by atoms with E-state index in [1.54, 1.807) is 0 Å². The molecule has 4 nitrogen and oxygen atoms in total. The molecule has 1 fully saturated rings. The predicted octanol–water partition coefficient (Wildman–Crippen LogP) is 2.36.